The molecule has 1 N–H and O–H groups in total. The van der Waals surface area contributed by atoms with Gasteiger partial charge < -0.3 is 10.1 Å². The average Bonchev–Trinajstić information content (AvgIpc) is 3.17. The van der Waals surface area contributed by atoms with E-state index < -0.39 is 12.6 Å². The molecule has 2 rings (SSSR count). The zero-order valence-corrected chi connectivity index (χ0v) is 11.6. The van der Waals surface area contributed by atoms with E-state index >= 15 is 0 Å². The van der Waals surface area contributed by atoms with E-state index in [0.717, 1.165) is 5.56 Å². The number of ether oxygens (including phenoxy) is 1. The lowest BCUT2D eigenvalue weighted by Crippen LogP contribution is -2.16. The molecule has 1 aliphatic carbocycles. The smallest absolute Gasteiger partial charge is 0.389 e. The minimum atomic E-state index is -4.14. The lowest BCUT2D eigenvalue weighted by atomic mass is 10.2. The number of aromatic nitrogens is 1. The molecule has 0 atom stereocenters. The van der Waals surface area contributed by atoms with Gasteiger partial charge in [-0.2, -0.15) is 13.2 Å². The first-order valence-corrected chi connectivity index (χ1v) is 6.89. The summed E-state index contributed by atoms with van der Waals surface area (Å²) in [6.07, 6.45) is -1.27. The molecular formula is C13H16ClF3N2O. The number of hydrogen-bond donors (Lipinski definition) is 1. The van der Waals surface area contributed by atoms with Gasteiger partial charge in [0.1, 0.15) is 0 Å². The zero-order chi connectivity index (χ0) is 14.6. The average molecular weight is 309 g/mol. The summed E-state index contributed by atoms with van der Waals surface area (Å²) in [6.45, 7) is 0.606. The number of nitrogens with zero attached hydrogens (tertiary/aromatic N) is 1. The highest BCUT2D eigenvalue weighted by Crippen LogP contribution is 2.24. The van der Waals surface area contributed by atoms with Gasteiger partial charge in [-0.05, 0) is 24.8 Å². The van der Waals surface area contributed by atoms with Crippen molar-refractivity contribution in [3.63, 3.8) is 0 Å². The van der Waals surface area contributed by atoms with E-state index in [4.69, 9.17) is 16.3 Å². The number of halogens is 4. The Morgan fingerprint density at radius 1 is 1.40 bits per heavy atom. The Morgan fingerprint density at radius 2 is 2.15 bits per heavy atom. The maximum Gasteiger partial charge on any atom is 0.389 e. The van der Waals surface area contributed by atoms with Gasteiger partial charge in [0.25, 0.3) is 0 Å². The van der Waals surface area contributed by atoms with Crippen LogP contribution in [0.3, 0.4) is 0 Å². The second-order valence-electron chi connectivity index (χ2n) is 4.84. The number of rotatable bonds is 7. The second kappa shape index (κ2) is 6.63. The molecule has 1 aliphatic rings. The first kappa shape index (κ1) is 15.4. The summed E-state index contributed by atoms with van der Waals surface area (Å²) in [6, 6.07) is 2.22. The summed E-state index contributed by atoms with van der Waals surface area (Å²) < 4.78 is 41.2. The molecule has 1 fully saturated rings. The van der Waals surface area contributed by atoms with Crippen molar-refractivity contribution in [1.29, 1.82) is 0 Å². The van der Waals surface area contributed by atoms with Crippen LogP contribution in [0, 0.1) is 0 Å². The lowest BCUT2D eigenvalue weighted by Gasteiger charge is -2.10. The number of alkyl halides is 3. The van der Waals surface area contributed by atoms with Gasteiger partial charge in [0.15, 0.2) is 0 Å². The first-order chi connectivity index (χ1) is 9.44. The molecule has 0 spiro atoms. The maximum absolute atomic E-state index is 12.0. The van der Waals surface area contributed by atoms with Crippen molar-refractivity contribution in [3.05, 3.63) is 22.8 Å². The minimum absolute atomic E-state index is 0.0103. The van der Waals surface area contributed by atoms with Gasteiger partial charge in [-0.25, -0.2) is 4.98 Å². The van der Waals surface area contributed by atoms with Gasteiger partial charge in [-0.1, -0.05) is 11.6 Å². The van der Waals surface area contributed by atoms with Crippen molar-refractivity contribution in [3.8, 4) is 5.88 Å². The molecule has 0 unspecified atom stereocenters. The third kappa shape index (κ3) is 5.54. The molecule has 0 aromatic carbocycles. The number of nitrogens with one attached hydrogen (secondary N) is 1. The van der Waals surface area contributed by atoms with E-state index in [0.29, 0.717) is 23.5 Å². The highest BCUT2D eigenvalue weighted by atomic mass is 35.5. The largest absolute Gasteiger partial charge is 0.478 e. The van der Waals surface area contributed by atoms with Crippen molar-refractivity contribution in [2.75, 3.05) is 6.61 Å². The molecule has 0 saturated heterocycles. The molecule has 0 radical (unpaired) electrons. The summed E-state index contributed by atoms with van der Waals surface area (Å²) in [5.41, 5.74) is 0.847. The van der Waals surface area contributed by atoms with Crippen LogP contribution in [0.2, 0.25) is 5.02 Å². The maximum atomic E-state index is 12.0. The standard InChI is InChI=1S/C13H16ClF3N2O/c14-11-8-19-12(20-5-1-4-13(15,16)17)6-9(11)7-18-10-2-3-10/h6,8,10,18H,1-5,7H2. The van der Waals surface area contributed by atoms with Crippen LogP contribution in [0.15, 0.2) is 12.3 Å². The lowest BCUT2D eigenvalue weighted by molar-refractivity contribution is -0.136. The van der Waals surface area contributed by atoms with E-state index in [1.54, 1.807) is 6.07 Å². The Hall–Kier alpha value is -1.01. The van der Waals surface area contributed by atoms with Crippen molar-refractivity contribution < 1.29 is 17.9 Å². The van der Waals surface area contributed by atoms with Crippen molar-refractivity contribution in [2.45, 2.75) is 44.4 Å². The fourth-order valence-electron chi connectivity index (χ4n) is 1.66. The van der Waals surface area contributed by atoms with Crippen molar-refractivity contribution in [1.82, 2.24) is 10.3 Å². The molecule has 1 aromatic heterocycles. The van der Waals surface area contributed by atoms with Gasteiger partial charge in [0.2, 0.25) is 5.88 Å². The molecule has 20 heavy (non-hydrogen) atoms. The predicted octanol–water partition coefficient (Wildman–Crippen LogP) is 3.71. The Morgan fingerprint density at radius 3 is 2.80 bits per heavy atom. The third-order valence-electron chi connectivity index (χ3n) is 2.92. The van der Waals surface area contributed by atoms with E-state index in [-0.39, 0.29) is 13.0 Å². The van der Waals surface area contributed by atoms with Crippen LogP contribution in [-0.2, 0) is 6.54 Å². The van der Waals surface area contributed by atoms with E-state index in [1.165, 1.54) is 19.0 Å². The third-order valence-corrected chi connectivity index (χ3v) is 3.26. The summed E-state index contributed by atoms with van der Waals surface area (Å²) in [4.78, 5) is 3.95. The summed E-state index contributed by atoms with van der Waals surface area (Å²) in [5.74, 6) is 0.309. The highest BCUT2D eigenvalue weighted by Gasteiger charge is 2.26. The Labute approximate surface area is 120 Å². The predicted molar refractivity (Wildman–Crippen MR) is 69.9 cm³/mol. The first-order valence-electron chi connectivity index (χ1n) is 6.51. The van der Waals surface area contributed by atoms with Crippen LogP contribution in [0.25, 0.3) is 0 Å². The highest BCUT2D eigenvalue weighted by molar-refractivity contribution is 6.31. The molecule has 1 heterocycles. The molecule has 0 amide bonds. The van der Waals surface area contributed by atoms with Crippen LogP contribution >= 0.6 is 11.6 Å². The molecule has 0 bridgehead atoms. The second-order valence-corrected chi connectivity index (χ2v) is 5.24. The Bertz CT molecular complexity index is 450. The van der Waals surface area contributed by atoms with Crippen LogP contribution in [0.1, 0.15) is 31.2 Å². The monoisotopic (exact) mass is 308 g/mol. The summed E-state index contributed by atoms with van der Waals surface area (Å²) in [7, 11) is 0. The van der Waals surface area contributed by atoms with Crippen LogP contribution < -0.4 is 10.1 Å². The van der Waals surface area contributed by atoms with Crippen LogP contribution in [0.5, 0.6) is 5.88 Å². The van der Waals surface area contributed by atoms with Gasteiger partial charge in [-0.15, -0.1) is 0 Å². The van der Waals surface area contributed by atoms with Crippen LogP contribution in [-0.4, -0.2) is 23.8 Å². The summed E-state index contributed by atoms with van der Waals surface area (Å²) in [5, 5.41) is 3.84. The van der Waals surface area contributed by atoms with Crippen molar-refractivity contribution >= 4 is 11.6 Å². The van der Waals surface area contributed by atoms with Gasteiger partial charge in [0.05, 0.1) is 11.6 Å². The molecular weight excluding hydrogens is 293 g/mol. The van der Waals surface area contributed by atoms with E-state index in [1.807, 2.05) is 0 Å². The van der Waals surface area contributed by atoms with Gasteiger partial charge in [0, 0.05) is 31.3 Å². The Balaban J connectivity index is 1.80. The molecule has 1 aromatic rings. The summed E-state index contributed by atoms with van der Waals surface area (Å²) >= 11 is 6.01. The van der Waals surface area contributed by atoms with Crippen LogP contribution in [0.4, 0.5) is 13.2 Å². The van der Waals surface area contributed by atoms with Gasteiger partial charge in [-0.3, -0.25) is 0 Å². The van der Waals surface area contributed by atoms with Crippen molar-refractivity contribution in [2.24, 2.45) is 0 Å². The normalized spacial score (nSPS) is 15.4. The fourth-order valence-corrected chi connectivity index (χ4v) is 1.83. The molecule has 0 aliphatic heterocycles. The fraction of sp³-hybridized carbons (Fsp3) is 0.615. The molecule has 7 heteroatoms. The zero-order valence-electron chi connectivity index (χ0n) is 10.8. The number of hydrogen-bond acceptors (Lipinski definition) is 3. The van der Waals surface area contributed by atoms with Gasteiger partial charge >= 0.3 is 6.18 Å². The number of pyridine rings is 1. The Kier molecular flexibility index (Phi) is 5.10. The van der Waals surface area contributed by atoms with E-state index in [2.05, 4.69) is 10.3 Å². The minimum Gasteiger partial charge on any atom is -0.478 e. The molecule has 3 nitrogen and oxygen atoms in total. The topological polar surface area (TPSA) is 34.1 Å². The SMILES string of the molecule is FC(F)(F)CCCOc1cc(CNC2CC2)c(Cl)cn1. The molecule has 1 saturated carbocycles. The quantitative estimate of drug-likeness (QED) is 0.780. The molecule has 112 valence electrons. The van der Waals surface area contributed by atoms with E-state index in [9.17, 15) is 13.2 Å².